The molecule has 0 saturated heterocycles. The lowest BCUT2D eigenvalue weighted by Gasteiger charge is -2.08. The van der Waals surface area contributed by atoms with E-state index in [1.54, 1.807) is 48.5 Å². The van der Waals surface area contributed by atoms with Gasteiger partial charge in [0.25, 0.3) is 0 Å². The van der Waals surface area contributed by atoms with Gasteiger partial charge in [-0.05, 0) is 6.07 Å². The lowest BCUT2D eigenvalue weighted by molar-refractivity contribution is 0.0547. The molecule has 0 atom stereocenters. The van der Waals surface area contributed by atoms with Crippen LogP contribution in [0.25, 0.3) is 0 Å². The molecule has 2 aromatic carbocycles. The highest BCUT2D eigenvalue weighted by molar-refractivity contribution is 6.14. The fourth-order valence-corrected chi connectivity index (χ4v) is 1.82. The van der Waals surface area contributed by atoms with Gasteiger partial charge >= 0.3 is 5.97 Å². The van der Waals surface area contributed by atoms with E-state index in [0.29, 0.717) is 11.1 Å². The number of ether oxygens (including phenoxy) is 1. The van der Waals surface area contributed by atoms with Crippen molar-refractivity contribution in [1.82, 2.24) is 0 Å². The van der Waals surface area contributed by atoms with Crippen LogP contribution in [0.3, 0.4) is 0 Å². The number of rotatable bonds is 5. The van der Waals surface area contributed by atoms with Gasteiger partial charge in [0.15, 0.2) is 5.78 Å². The Morgan fingerprint density at radius 2 is 1.55 bits per heavy atom. The predicted octanol–water partition coefficient (Wildman–Crippen LogP) is 3.26. The SMILES string of the molecule is C=CCOC(=O)c1ccccc1C(=O)c1ccccc1. The molecule has 0 spiro atoms. The van der Waals surface area contributed by atoms with E-state index in [-0.39, 0.29) is 18.0 Å². The van der Waals surface area contributed by atoms with Gasteiger partial charge in [-0.3, -0.25) is 4.79 Å². The molecule has 100 valence electrons. The number of benzene rings is 2. The summed E-state index contributed by atoms with van der Waals surface area (Å²) in [5.74, 6) is -0.721. The standard InChI is InChI=1S/C17H14O3/c1-2-12-20-17(19)15-11-7-6-10-14(15)16(18)13-8-4-3-5-9-13/h2-11H,1,12H2. The Morgan fingerprint density at radius 3 is 2.20 bits per heavy atom. The summed E-state index contributed by atoms with van der Waals surface area (Å²) in [5.41, 5.74) is 1.15. The van der Waals surface area contributed by atoms with Crippen molar-refractivity contribution in [2.45, 2.75) is 0 Å². The molecule has 2 rings (SSSR count). The average Bonchev–Trinajstić information content (AvgIpc) is 2.52. The van der Waals surface area contributed by atoms with Crippen LogP contribution in [0.2, 0.25) is 0 Å². The van der Waals surface area contributed by atoms with Crippen molar-refractivity contribution in [2.75, 3.05) is 6.61 Å². The summed E-state index contributed by atoms with van der Waals surface area (Å²) in [6.45, 7) is 3.61. The number of hydrogen-bond donors (Lipinski definition) is 0. The second-order valence-corrected chi connectivity index (χ2v) is 4.13. The highest BCUT2D eigenvalue weighted by Crippen LogP contribution is 2.15. The van der Waals surface area contributed by atoms with Gasteiger partial charge in [-0.2, -0.15) is 0 Å². The third kappa shape index (κ3) is 3.01. The maximum Gasteiger partial charge on any atom is 0.339 e. The first-order valence-electron chi connectivity index (χ1n) is 6.21. The predicted molar refractivity (Wildman–Crippen MR) is 76.8 cm³/mol. The maximum absolute atomic E-state index is 12.4. The van der Waals surface area contributed by atoms with Crippen LogP contribution in [0.5, 0.6) is 0 Å². The summed E-state index contributed by atoms with van der Waals surface area (Å²) in [5, 5.41) is 0. The Labute approximate surface area is 117 Å². The van der Waals surface area contributed by atoms with Crippen molar-refractivity contribution in [1.29, 1.82) is 0 Å². The van der Waals surface area contributed by atoms with E-state index in [1.165, 1.54) is 6.08 Å². The second kappa shape index (κ2) is 6.48. The normalized spacial score (nSPS) is 9.80. The molecule has 0 amide bonds. The Morgan fingerprint density at radius 1 is 0.950 bits per heavy atom. The first kappa shape index (κ1) is 13.7. The minimum atomic E-state index is -0.523. The molecule has 0 unspecified atom stereocenters. The number of carbonyl (C=O) groups excluding carboxylic acids is 2. The fraction of sp³-hybridized carbons (Fsp3) is 0.0588. The van der Waals surface area contributed by atoms with Gasteiger partial charge in [-0.1, -0.05) is 61.2 Å². The van der Waals surface area contributed by atoms with Crippen LogP contribution in [-0.2, 0) is 4.74 Å². The Hall–Kier alpha value is -2.68. The molecule has 0 aliphatic heterocycles. The van der Waals surface area contributed by atoms with Crippen molar-refractivity contribution >= 4 is 11.8 Å². The highest BCUT2D eigenvalue weighted by Gasteiger charge is 2.18. The van der Waals surface area contributed by atoms with E-state index in [1.807, 2.05) is 6.07 Å². The van der Waals surface area contributed by atoms with Gasteiger partial charge in [-0.15, -0.1) is 0 Å². The quantitative estimate of drug-likeness (QED) is 0.474. The molecular weight excluding hydrogens is 252 g/mol. The third-order valence-corrected chi connectivity index (χ3v) is 2.76. The van der Waals surface area contributed by atoms with Gasteiger partial charge in [0.1, 0.15) is 6.61 Å². The van der Waals surface area contributed by atoms with Gasteiger partial charge in [0.05, 0.1) is 5.56 Å². The monoisotopic (exact) mass is 266 g/mol. The summed E-state index contributed by atoms with van der Waals surface area (Å²) in [7, 11) is 0. The molecule has 0 fully saturated rings. The summed E-state index contributed by atoms with van der Waals surface area (Å²) < 4.78 is 4.99. The van der Waals surface area contributed by atoms with Gasteiger partial charge < -0.3 is 4.74 Å². The minimum absolute atomic E-state index is 0.118. The fourth-order valence-electron chi connectivity index (χ4n) is 1.82. The smallest absolute Gasteiger partial charge is 0.339 e. The summed E-state index contributed by atoms with van der Waals surface area (Å²) in [6.07, 6.45) is 1.49. The number of hydrogen-bond acceptors (Lipinski definition) is 3. The summed E-state index contributed by atoms with van der Waals surface area (Å²) >= 11 is 0. The minimum Gasteiger partial charge on any atom is -0.458 e. The first-order chi connectivity index (χ1) is 9.74. The zero-order valence-electron chi connectivity index (χ0n) is 10.9. The summed E-state index contributed by atoms with van der Waals surface area (Å²) in [4.78, 5) is 24.4. The van der Waals surface area contributed by atoms with Gasteiger partial charge in [-0.25, -0.2) is 4.79 Å². The topological polar surface area (TPSA) is 43.4 Å². The molecule has 3 heteroatoms. The first-order valence-corrected chi connectivity index (χ1v) is 6.21. The molecule has 20 heavy (non-hydrogen) atoms. The second-order valence-electron chi connectivity index (χ2n) is 4.13. The molecule has 0 aliphatic rings. The zero-order chi connectivity index (χ0) is 14.4. The van der Waals surface area contributed by atoms with Crippen LogP contribution >= 0.6 is 0 Å². The van der Waals surface area contributed by atoms with E-state index in [4.69, 9.17) is 4.74 Å². The van der Waals surface area contributed by atoms with Crippen LogP contribution in [-0.4, -0.2) is 18.4 Å². The van der Waals surface area contributed by atoms with Crippen LogP contribution < -0.4 is 0 Å². The molecule has 0 N–H and O–H groups in total. The Balaban J connectivity index is 2.35. The molecule has 0 bridgehead atoms. The molecule has 0 radical (unpaired) electrons. The van der Waals surface area contributed by atoms with Crippen molar-refractivity contribution < 1.29 is 14.3 Å². The van der Waals surface area contributed by atoms with E-state index in [0.717, 1.165) is 0 Å². The largest absolute Gasteiger partial charge is 0.458 e. The molecule has 0 heterocycles. The van der Waals surface area contributed by atoms with E-state index in [2.05, 4.69) is 6.58 Å². The van der Waals surface area contributed by atoms with Crippen molar-refractivity contribution in [3.05, 3.63) is 83.9 Å². The maximum atomic E-state index is 12.4. The summed E-state index contributed by atoms with van der Waals surface area (Å²) in [6, 6.07) is 15.5. The zero-order valence-corrected chi connectivity index (χ0v) is 10.9. The van der Waals surface area contributed by atoms with E-state index in [9.17, 15) is 9.59 Å². The van der Waals surface area contributed by atoms with Crippen LogP contribution in [0.4, 0.5) is 0 Å². The molecule has 0 saturated carbocycles. The average molecular weight is 266 g/mol. The van der Waals surface area contributed by atoms with E-state index < -0.39 is 5.97 Å². The van der Waals surface area contributed by atoms with Crippen molar-refractivity contribution in [3.8, 4) is 0 Å². The molecular formula is C17H14O3. The third-order valence-electron chi connectivity index (χ3n) is 2.76. The number of ketones is 1. The Bertz CT molecular complexity index is 630. The lowest BCUT2D eigenvalue weighted by Crippen LogP contribution is -2.12. The van der Waals surface area contributed by atoms with Crippen LogP contribution in [0.1, 0.15) is 26.3 Å². The van der Waals surface area contributed by atoms with Gasteiger partial charge in [0.2, 0.25) is 0 Å². The van der Waals surface area contributed by atoms with E-state index >= 15 is 0 Å². The lowest BCUT2D eigenvalue weighted by atomic mass is 9.98. The molecule has 3 nitrogen and oxygen atoms in total. The van der Waals surface area contributed by atoms with Crippen LogP contribution in [0, 0.1) is 0 Å². The Kier molecular flexibility index (Phi) is 4.45. The highest BCUT2D eigenvalue weighted by atomic mass is 16.5. The number of esters is 1. The molecule has 2 aromatic rings. The van der Waals surface area contributed by atoms with Crippen LogP contribution in [0.15, 0.2) is 67.3 Å². The van der Waals surface area contributed by atoms with Crippen molar-refractivity contribution in [2.24, 2.45) is 0 Å². The van der Waals surface area contributed by atoms with Crippen molar-refractivity contribution in [3.63, 3.8) is 0 Å². The molecule has 0 aromatic heterocycles. The number of carbonyl (C=O) groups is 2. The van der Waals surface area contributed by atoms with Gasteiger partial charge in [0, 0.05) is 11.1 Å². The molecule has 0 aliphatic carbocycles.